The first-order valence-electron chi connectivity index (χ1n) is 5.48. The van der Waals surface area contributed by atoms with Crippen LogP contribution in [-0.4, -0.2) is 42.7 Å². The van der Waals surface area contributed by atoms with E-state index >= 15 is 0 Å². The number of ether oxygens (including phenoxy) is 1. The Labute approximate surface area is 93.0 Å². The molecule has 1 saturated carbocycles. The zero-order valence-corrected chi connectivity index (χ0v) is 9.26. The number of alkyl halides is 3. The van der Waals surface area contributed by atoms with E-state index in [-0.39, 0.29) is 19.3 Å². The van der Waals surface area contributed by atoms with Crippen LogP contribution in [0.2, 0.25) is 0 Å². The summed E-state index contributed by atoms with van der Waals surface area (Å²) in [4.78, 5) is 0. The maximum absolute atomic E-state index is 12.1. The Morgan fingerprint density at radius 1 is 1.44 bits per heavy atom. The van der Waals surface area contributed by atoms with Gasteiger partial charge >= 0.3 is 6.18 Å². The van der Waals surface area contributed by atoms with E-state index in [4.69, 9.17) is 5.11 Å². The van der Waals surface area contributed by atoms with Gasteiger partial charge in [-0.05, 0) is 26.2 Å². The topological polar surface area (TPSA) is 41.5 Å². The van der Waals surface area contributed by atoms with Gasteiger partial charge in [-0.2, -0.15) is 13.2 Å². The summed E-state index contributed by atoms with van der Waals surface area (Å²) >= 11 is 0. The number of aliphatic hydroxyl groups is 1. The second kappa shape index (κ2) is 5.84. The number of aliphatic hydroxyl groups excluding tert-OH is 1. The zero-order valence-electron chi connectivity index (χ0n) is 9.26. The number of nitrogens with one attached hydrogen (secondary N) is 1. The van der Waals surface area contributed by atoms with E-state index in [9.17, 15) is 13.2 Å². The predicted molar refractivity (Wildman–Crippen MR) is 53.1 cm³/mol. The maximum Gasteiger partial charge on any atom is 0.414 e. The third kappa shape index (κ3) is 5.14. The lowest BCUT2D eigenvalue weighted by atomic mass is 10.2. The largest absolute Gasteiger partial charge is 0.414 e. The summed E-state index contributed by atoms with van der Waals surface area (Å²) in [6.45, 7) is 0.925. The molecule has 0 saturated heterocycles. The maximum atomic E-state index is 12.1. The van der Waals surface area contributed by atoms with Gasteiger partial charge in [-0.3, -0.25) is 0 Å². The molecule has 0 heterocycles. The molecule has 0 aromatic heterocycles. The van der Waals surface area contributed by atoms with Gasteiger partial charge in [0.1, 0.15) is 0 Å². The molecule has 0 aliphatic heterocycles. The molecule has 1 aliphatic carbocycles. The van der Waals surface area contributed by atoms with Crippen LogP contribution in [0.4, 0.5) is 13.2 Å². The molecule has 0 bridgehead atoms. The van der Waals surface area contributed by atoms with E-state index in [0.717, 1.165) is 19.8 Å². The average molecular weight is 241 g/mol. The van der Waals surface area contributed by atoms with Gasteiger partial charge in [0.2, 0.25) is 0 Å². The molecule has 1 aliphatic rings. The summed E-state index contributed by atoms with van der Waals surface area (Å²) < 4.78 is 40.9. The van der Waals surface area contributed by atoms with Crippen molar-refractivity contribution in [3.05, 3.63) is 0 Å². The minimum absolute atomic E-state index is 0.00558. The van der Waals surface area contributed by atoms with Gasteiger partial charge < -0.3 is 15.2 Å². The summed E-state index contributed by atoms with van der Waals surface area (Å²) in [5.41, 5.74) is 0. The molecular weight excluding hydrogens is 223 g/mol. The molecular formula is C10H18F3NO2. The van der Waals surface area contributed by atoms with E-state index in [0.29, 0.717) is 12.5 Å². The molecule has 3 nitrogen and oxygen atoms in total. The molecule has 2 unspecified atom stereocenters. The van der Waals surface area contributed by atoms with Crippen molar-refractivity contribution in [1.29, 1.82) is 0 Å². The van der Waals surface area contributed by atoms with Gasteiger partial charge in [0.15, 0.2) is 6.10 Å². The minimum atomic E-state index is -4.31. The number of hydrogen-bond donors (Lipinski definition) is 2. The highest BCUT2D eigenvalue weighted by molar-refractivity contribution is 4.84. The van der Waals surface area contributed by atoms with Crippen LogP contribution in [0.5, 0.6) is 0 Å². The SMILES string of the molecule is CC(OCCC(CO)NC1CC1)C(F)(F)F. The summed E-state index contributed by atoms with van der Waals surface area (Å²) in [6.07, 6.45) is -3.49. The van der Waals surface area contributed by atoms with Crippen LogP contribution < -0.4 is 5.32 Å². The quantitative estimate of drug-likeness (QED) is 0.709. The van der Waals surface area contributed by atoms with Crippen molar-refractivity contribution in [3.63, 3.8) is 0 Å². The first-order chi connectivity index (χ1) is 7.43. The van der Waals surface area contributed by atoms with Crippen molar-refractivity contribution in [1.82, 2.24) is 5.32 Å². The summed E-state index contributed by atoms with van der Waals surface area (Å²) in [5.74, 6) is 0. The number of hydrogen-bond acceptors (Lipinski definition) is 3. The van der Waals surface area contributed by atoms with Crippen LogP contribution in [-0.2, 0) is 4.74 Å². The number of rotatable bonds is 7. The fourth-order valence-corrected chi connectivity index (χ4v) is 1.29. The van der Waals surface area contributed by atoms with Gasteiger partial charge in [0.05, 0.1) is 6.61 Å². The first-order valence-corrected chi connectivity index (χ1v) is 5.48. The second-order valence-corrected chi connectivity index (χ2v) is 4.16. The van der Waals surface area contributed by atoms with Gasteiger partial charge in [-0.1, -0.05) is 0 Å². The predicted octanol–water partition coefficient (Wildman–Crippen LogP) is 1.46. The monoisotopic (exact) mass is 241 g/mol. The van der Waals surface area contributed by atoms with Crippen LogP contribution in [0, 0.1) is 0 Å². The van der Waals surface area contributed by atoms with E-state index < -0.39 is 12.3 Å². The van der Waals surface area contributed by atoms with E-state index in [1.54, 1.807) is 0 Å². The third-order valence-corrected chi connectivity index (χ3v) is 2.56. The van der Waals surface area contributed by atoms with Crippen LogP contribution in [0.15, 0.2) is 0 Å². The Bertz CT molecular complexity index is 207. The van der Waals surface area contributed by atoms with Gasteiger partial charge in [-0.15, -0.1) is 0 Å². The molecule has 0 spiro atoms. The Morgan fingerprint density at radius 2 is 2.06 bits per heavy atom. The van der Waals surface area contributed by atoms with Crippen molar-refractivity contribution in [3.8, 4) is 0 Å². The van der Waals surface area contributed by atoms with Crippen molar-refractivity contribution in [2.24, 2.45) is 0 Å². The number of halogens is 3. The molecule has 1 fully saturated rings. The minimum Gasteiger partial charge on any atom is -0.395 e. The van der Waals surface area contributed by atoms with Gasteiger partial charge in [0, 0.05) is 18.7 Å². The molecule has 0 aromatic carbocycles. The first kappa shape index (κ1) is 13.7. The lowest BCUT2D eigenvalue weighted by molar-refractivity contribution is -0.214. The van der Waals surface area contributed by atoms with Crippen LogP contribution in [0.1, 0.15) is 26.2 Å². The molecule has 1 rings (SSSR count). The van der Waals surface area contributed by atoms with Crippen LogP contribution in [0.3, 0.4) is 0 Å². The van der Waals surface area contributed by atoms with E-state index in [2.05, 4.69) is 10.1 Å². The summed E-state index contributed by atoms with van der Waals surface area (Å²) in [7, 11) is 0. The van der Waals surface area contributed by atoms with Crippen molar-refractivity contribution >= 4 is 0 Å². The summed E-state index contributed by atoms with van der Waals surface area (Å²) in [6, 6.07) is 0.269. The molecule has 16 heavy (non-hydrogen) atoms. The van der Waals surface area contributed by atoms with Gasteiger partial charge in [0.25, 0.3) is 0 Å². The molecule has 0 radical (unpaired) electrons. The lowest BCUT2D eigenvalue weighted by Crippen LogP contribution is -2.36. The molecule has 96 valence electrons. The molecule has 2 atom stereocenters. The van der Waals surface area contributed by atoms with Crippen molar-refractivity contribution < 1.29 is 23.0 Å². The second-order valence-electron chi connectivity index (χ2n) is 4.16. The van der Waals surface area contributed by atoms with Crippen molar-refractivity contribution in [2.45, 2.75) is 50.6 Å². The van der Waals surface area contributed by atoms with Crippen LogP contribution >= 0.6 is 0 Å². The standard InChI is InChI=1S/C10H18F3NO2/c1-7(10(11,12)13)16-5-4-9(6-15)14-8-2-3-8/h7-9,14-15H,2-6H2,1H3. The third-order valence-electron chi connectivity index (χ3n) is 2.56. The molecule has 0 amide bonds. The highest BCUT2D eigenvalue weighted by Gasteiger charge is 2.36. The Morgan fingerprint density at radius 3 is 2.50 bits per heavy atom. The highest BCUT2D eigenvalue weighted by atomic mass is 19.4. The highest BCUT2D eigenvalue weighted by Crippen LogP contribution is 2.23. The van der Waals surface area contributed by atoms with Gasteiger partial charge in [-0.25, -0.2) is 0 Å². The Kier molecular flexibility index (Phi) is 5.01. The molecule has 0 aromatic rings. The normalized spacial score (nSPS) is 20.8. The average Bonchev–Trinajstić information content (AvgIpc) is 2.98. The summed E-state index contributed by atoms with van der Waals surface area (Å²) in [5, 5.41) is 12.1. The zero-order chi connectivity index (χ0) is 12.2. The van der Waals surface area contributed by atoms with E-state index in [1.165, 1.54) is 0 Å². The molecule has 6 heteroatoms. The fourth-order valence-electron chi connectivity index (χ4n) is 1.29. The van der Waals surface area contributed by atoms with E-state index in [1.807, 2.05) is 0 Å². The van der Waals surface area contributed by atoms with Crippen LogP contribution in [0.25, 0.3) is 0 Å². The smallest absolute Gasteiger partial charge is 0.395 e. The fraction of sp³-hybridized carbons (Fsp3) is 1.00. The Balaban J connectivity index is 2.12. The molecule has 2 N–H and O–H groups in total. The Hall–Kier alpha value is -0.330. The lowest BCUT2D eigenvalue weighted by Gasteiger charge is -2.19. The van der Waals surface area contributed by atoms with Crippen molar-refractivity contribution in [2.75, 3.05) is 13.2 Å².